The molecule has 0 fully saturated rings. The summed E-state index contributed by atoms with van der Waals surface area (Å²) in [7, 11) is 0. The van der Waals surface area contributed by atoms with E-state index in [1.165, 1.54) is 12.1 Å². The second-order valence-electron chi connectivity index (χ2n) is 5.95. The predicted molar refractivity (Wildman–Crippen MR) is 91.2 cm³/mol. The fourth-order valence-corrected chi connectivity index (χ4v) is 2.69. The van der Waals surface area contributed by atoms with Gasteiger partial charge in [0.1, 0.15) is 17.3 Å². The molecule has 2 aromatic rings. The van der Waals surface area contributed by atoms with Crippen molar-refractivity contribution in [2.75, 3.05) is 0 Å². The summed E-state index contributed by atoms with van der Waals surface area (Å²) >= 11 is 0. The number of carbonyl (C=O) groups is 1. The van der Waals surface area contributed by atoms with Gasteiger partial charge in [-0.25, -0.2) is 4.39 Å². The minimum absolute atomic E-state index is 0.0817. The topological polar surface area (TPSA) is 38.3 Å². The summed E-state index contributed by atoms with van der Waals surface area (Å²) in [4.78, 5) is 11.9. The van der Waals surface area contributed by atoms with Crippen LogP contribution in [0.15, 0.2) is 60.7 Å². The van der Waals surface area contributed by atoms with Gasteiger partial charge in [-0.05, 0) is 60.7 Å². The number of carbonyl (C=O) groups excluding carboxylic acids is 1. The number of nitrogens with one attached hydrogen (secondary N) is 1. The number of rotatable bonds is 6. The van der Waals surface area contributed by atoms with E-state index in [1.807, 2.05) is 24.3 Å². The Labute approximate surface area is 141 Å². The van der Waals surface area contributed by atoms with Crippen molar-refractivity contribution in [3.05, 3.63) is 72.1 Å². The number of ether oxygens (including phenoxy) is 1. The maximum atomic E-state index is 12.9. The fourth-order valence-electron chi connectivity index (χ4n) is 2.69. The second kappa shape index (κ2) is 7.77. The van der Waals surface area contributed by atoms with Crippen LogP contribution < -0.4 is 10.1 Å². The average molecular weight is 325 g/mol. The van der Waals surface area contributed by atoms with Crippen LogP contribution in [0.4, 0.5) is 4.39 Å². The lowest BCUT2D eigenvalue weighted by molar-refractivity contribution is -0.121. The van der Waals surface area contributed by atoms with Gasteiger partial charge < -0.3 is 10.1 Å². The maximum Gasteiger partial charge on any atom is 0.220 e. The molecule has 0 saturated heterocycles. The van der Waals surface area contributed by atoms with Crippen molar-refractivity contribution in [3.8, 4) is 11.5 Å². The highest BCUT2D eigenvalue weighted by molar-refractivity contribution is 5.76. The number of benzene rings is 2. The summed E-state index contributed by atoms with van der Waals surface area (Å²) in [6.45, 7) is 0.506. The Morgan fingerprint density at radius 2 is 1.75 bits per heavy atom. The van der Waals surface area contributed by atoms with Crippen molar-refractivity contribution < 1.29 is 13.9 Å². The van der Waals surface area contributed by atoms with Crippen LogP contribution in [0.2, 0.25) is 0 Å². The molecule has 1 unspecified atom stereocenters. The molecule has 0 saturated carbocycles. The summed E-state index contributed by atoms with van der Waals surface area (Å²) in [6.07, 6.45) is 6.97. The van der Waals surface area contributed by atoms with Crippen LogP contribution in [0.25, 0.3) is 0 Å². The molecule has 0 spiro atoms. The van der Waals surface area contributed by atoms with Crippen molar-refractivity contribution in [3.63, 3.8) is 0 Å². The van der Waals surface area contributed by atoms with Crippen LogP contribution in [0, 0.1) is 11.7 Å². The summed E-state index contributed by atoms with van der Waals surface area (Å²) < 4.78 is 18.5. The van der Waals surface area contributed by atoms with E-state index in [1.54, 1.807) is 12.1 Å². The molecular formula is C20H20FNO2. The lowest BCUT2D eigenvalue weighted by Crippen LogP contribution is -2.24. The molecule has 3 rings (SSSR count). The van der Waals surface area contributed by atoms with Gasteiger partial charge in [0.05, 0.1) is 0 Å². The number of halogens is 1. The van der Waals surface area contributed by atoms with Crippen LogP contribution >= 0.6 is 0 Å². The van der Waals surface area contributed by atoms with Crippen LogP contribution in [0.1, 0.15) is 24.8 Å². The van der Waals surface area contributed by atoms with E-state index in [-0.39, 0.29) is 11.7 Å². The Kier molecular flexibility index (Phi) is 5.26. The molecule has 1 aliphatic carbocycles. The quantitative estimate of drug-likeness (QED) is 0.789. The summed E-state index contributed by atoms with van der Waals surface area (Å²) in [5.74, 6) is 1.44. The van der Waals surface area contributed by atoms with E-state index < -0.39 is 0 Å². The van der Waals surface area contributed by atoms with E-state index in [2.05, 4.69) is 17.5 Å². The van der Waals surface area contributed by atoms with Crippen molar-refractivity contribution in [1.29, 1.82) is 0 Å². The minimum Gasteiger partial charge on any atom is -0.457 e. The van der Waals surface area contributed by atoms with E-state index in [0.29, 0.717) is 30.4 Å². The van der Waals surface area contributed by atoms with Gasteiger partial charge in [-0.3, -0.25) is 4.79 Å². The monoisotopic (exact) mass is 325 g/mol. The van der Waals surface area contributed by atoms with Gasteiger partial charge >= 0.3 is 0 Å². The minimum atomic E-state index is -0.290. The van der Waals surface area contributed by atoms with Crippen molar-refractivity contribution in [2.45, 2.75) is 25.8 Å². The van der Waals surface area contributed by atoms with Crippen molar-refractivity contribution in [1.82, 2.24) is 5.32 Å². The van der Waals surface area contributed by atoms with Gasteiger partial charge in [-0.1, -0.05) is 24.3 Å². The molecule has 124 valence electrons. The van der Waals surface area contributed by atoms with Gasteiger partial charge in [0.15, 0.2) is 0 Å². The Morgan fingerprint density at radius 1 is 1.08 bits per heavy atom. The zero-order valence-electron chi connectivity index (χ0n) is 13.4. The van der Waals surface area contributed by atoms with Gasteiger partial charge in [0.25, 0.3) is 0 Å². The molecular weight excluding hydrogens is 305 g/mol. The molecule has 1 amide bonds. The molecule has 1 N–H and O–H groups in total. The second-order valence-corrected chi connectivity index (χ2v) is 5.95. The molecule has 0 radical (unpaired) electrons. The number of hydrogen-bond donors (Lipinski definition) is 1. The first-order chi connectivity index (χ1) is 11.7. The third-order valence-corrected chi connectivity index (χ3v) is 4.02. The van der Waals surface area contributed by atoms with Crippen molar-refractivity contribution in [2.24, 2.45) is 5.92 Å². The van der Waals surface area contributed by atoms with Crippen LogP contribution in [-0.2, 0) is 11.3 Å². The van der Waals surface area contributed by atoms with Gasteiger partial charge in [0, 0.05) is 13.0 Å². The number of hydrogen-bond acceptors (Lipinski definition) is 2. The predicted octanol–water partition coefficient (Wildman–Crippen LogP) is 4.59. The summed E-state index contributed by atoms with van der Waals surface area (Å²) in [5, 5.41) is 2.95. The van der Waals surface area contributed by atoms with Crippen LogP contribution in [0.5, 0.6) is 11.5 Å². The molecule has 0 aliphatic heterocycles. The molecule has 0 heterocycles. The highest BCUT2D eigenvalue weighted by atomic mass is 19.1. The average Bonchev–Trinajstić information content (AvgIpc) is 3.09. The first-order valence-corrected chi connectivity index (χ1v) is 8.15. The first-order valence-electron chi connectivity index (χ1n) is 8.15. The highest BCUT2D eigenvalue weighted by Crippen LogP contribution is 2.22. The van der Waals surface area contributed by atoms with Gasteiger partial charge in [-0.2, -0.15) is 0 Å². The lowest BCUT2D eigenvalue weighted by Gasteiger charge is -2.10. The molecule has 3 nitrogen and oxygen atoms in total. The normalized spacial score (nSPS) is 16.1. The van der Waals surface area contributed by atoms with Gasteiger partial charge in [0.2, 0.25) is 5.91 Å². The molecule has 0 aromatic heterocycles. The highest BCUT2D eigenvalue weighted by Gasteiger charge is 2.13. The summed E-state index contributed by atoms with van der Waals surface area (Å²) in [6, 6.07) is 13.4. The van der Waals surface area contributed by atoms with E-state index in [0.717, 1.165) is 18.4 Å². The molecule has 0 bridgehead atoms. The van der Waals surface area contributed by atoms with Crippen molar-refractivity contribution >= 4 is 5.91 Å². The third-order valence-electron chi connectivity index (χ3n) is 4.02. The Bertz CT molecular complexity index is 707. The van der Waals surface area contributed by atoms with E-state index >= 15 is 0 Å². The van der Waals surface area contributed by atoms with Crippen LogP contribution in [0.3, 0.4) is 0 Å². The Balaban J connectivity index is 1.48. The van der Waals surface area contributed by atoms with E-state index in [9.17, 15) is 9.18 Å². The Morgan fingerprint density at radius 3 is 2.38 bits per heavy atom. The van der Waals surface area contributed by atoms with Gasteiger partial charge in [-0.15, -0.1) is 0 Å². The largest absolute Gasteiger partial charge is 0.457 e. The first kappa shape index (κ1) is 16.2. The SMILES string of the molecule is O=C(CC1C=CCC1)NCc1ccc(Oc2ccc(F)cc2)cc1. The Hall–Kier alpha value is -2.62. The zero-order valence-corrected chi connectivity index (χ0v) is 13.4. The molecule has 2 aromatic carbocycles. The fraction of sp³-hybridized carbons (Fsp3) is 0.250. The molecule has 24 heavy (non-hydrogen) atoms. The molecule has 4 heteroatoms. The maximum absolute atomic E-state index is 12.9. The van der Waals surface area contributed by atoms with Crippen LogP contribution in [-0.4, -0.2) is 5.91 Å². The molecule has 1 aliphatic rings. The van der Waals surface area contributed by atoms with E-state index in [4.69, 9.17) is 4.74 Å². The lowest BCUT2D eigenvalue weighted by atomic mass is 10.1. The number of allylic oxidation sites excluding steroid dienone is 2. The molecule has 1 atom stereocenters. The third kappa shape index (κ3) is 4.69. The zero-order chi connectivity index (χ0) is 16.8. The number of amides is 1. The summed E-state index contributed by atoms with van der Waals surface area (Å²) in [5.41, 5.74) is 1.01. The smallest absolute Gasteiger partial charge is 0.220 e. The standard InChI is InChI=1S/C20H20FNO2/c21-17-7-11-19(12-8-17)24-18-9-5-16(6-10-18)14-22-20(23)13-15-3-1-2-4-15/h1,3,5-12,15H,2,4,13-14H2,(H,22,23).